The largest absolute Gasteiger partial charge is 0.508 e. The highest BCUT2D eigenvalue weighted by molar-refractivity contribution is 5.88. The second kappa shape index (κ2) is 11.5. The molecule has 16 nitrogen and oxygen atoms in total. The highest BCUT2D eigenvalue weighted by Gasteiger charge is 2.47. The Morgan fingerprint density at radius 1 is 0.786 bits per heavy atom. The van der Waals surface area contributed by atoms with Crippen molar-refractivity contribution >= 4 is 11.0 Å². The van der Waals surface area contributed by atoms with Crippen molar-refractivity contribution < 1.29 is 74.4 Å². The number of phenols is 4. The third-order valence-electron chi connectivity index (χ3n) is 6.94. The third-order valence-corrected chi connectivity index (χ3v) is 6.94. The number of fused-ring (bicyclic) bond motifs is 1. The van der Waals surface area contributed by atoms with E-state index < -0.39 is 107 Å². The van der Waals surface area contributed by atoms with E-state index in [9.17, 15) is 55.9 Å². The van der Waals surface area contributed by atoms with Crippen molar-refractivity contribution in [1.29, 1.82) is 0 Å². The molecule has 9 atom stereocenters. The summed E-state index contributed by atoms with van der Waals surface area (Å²) in [6.07, 6.45) is -15.1. The third kappa shape index (κ3) is 5.42. The van der Waals surface area contributed by atoms with E-state index in [0.29, 0.717) is 0 Å². The van der Waals surface area contributed by atoms with Crippen molar-refractivity contribution in [2.75, 3.05) is 13.2 Å². The van der Waals surface area contributed by atoms with E-state index in [2.05, 4.69) is 0 Å². The van der Waals surface area contributed by atoms with Crippen molar-refractivity contribution in [2.24, 2.45) is 0 Å². The molecule has 1 aromatic heterocycles. The predicted octanol–water partition coefficient (Wildman–Crippen LogP) is -2.08. The van der Waals surface area contributed by atoms with Gasteiger partial charge in [0.15, 0.2) is 23.5 Å². The summed E-state index contributed by atoms with van der Waals surface area (Å²) in [5.41, 5.74) is -1.35. The van der Waals surface area contributed by atoms with E-state index in [1.54, 1.807) is 0 Å². The van der Waals surface area contributed by atoms with Crippen molar-refractivity contribution in [2.45, 2.75) is 55.3 Å². The van der Waals surface area contributed by atoms with Crippen LogP contribution < -0.4 is 10.2 Å². The fourth-order valence-electron chi connectivity index (χ4n) is 4.61. The van der Waals surface area contributed by atoms with Gasteiger partial charge in [0.1, 0.15) is 65.2 Å². The first-order valence-electron chi connectivity index (χ1n) is 12.6. The summed E-state index contributed by atoms with van der Waals surface area (Å²) in [6.45, 7) is -0.970. The normalized spacial score (nSPS) is 31.7. The molecule has 0 spiro atoms. The lowest BCUT2D eigenvalue weighted by Gasteiger charge is -2.41. The topological polar surface area (TPSA) is 269 Å². The summed E-state index contributed by atoms with van der Waals surface area (Å²) in [5.74, 6) is -3.33. The molecule has 42 heavy (non-hydrogen) atoms. The smallest absolute Gasteiger partial charge is 0.239 e. The van der Waals surface area contributed by atoms with Crippen molar-refractivity contribution in [3.8, 4) is 40.1 Å². The van der Waals surface area contributed by atoms with Crippen LogP contribution in [0.3, 0.4) is 0 Å². The molecule has 0 bridgehead atoms. The average Bonchev–Trinajstić information content (AvgIpc) is 2.94. The molecule has 5 rings (SSSR count). The second-order valence-corrected chi connectivity index (χ2v) is 9.85. The summed E-state index contributed by atoms with van der Waals surface area (Å²) in [6, 6.07) is 5.23. The zero-order valence-corrected chi connectivity index (χ0v) is 21.4. The van der Waals surface area contributed by atoms with Crippen LogP contribution in [0.15, 0.2) is 39.5 Å². The minimum Gasteiger partial charge on any atom is -0.508 e. The molecule has 228 valence electrons. The van der Waals surface area contributed by atoms with Gasteiger partial charge in [-0.05, 0) is 18.2 Å². The molecule has 2 fully saturated rings. The van der Waals surface area contributed by atoms with Crippen LogP contribution in [-0.2, 0) is 14.2 Å². The van der Waals surface area contributed by atoms with Crippen LogP contribution in [0, 0.1) is 0 Å². The molecule has 3 heterocycles. The van der Waals surface area contributed by atoms with E-state index in [0.717, 1.165) is 24.3 Å². The highest BCUT2D eigenvalue weighted by atomic mass is 16.7. The van der Waals surface area contributed by atoms with E-state index in [1.165, 1.54) is 6.07 Å². The van der Waals surface area contributed by atoms with Gasteiger partial charge in [-0.3, -0.25) is 4.79 Å². The van der Waals surface area contributed by atoms with Gasteiger partial charge >= 0.3 is 0 Å². The molecule has 0 unspecified atom stereocenters. The van der Waals surface area contributed by atoms with Gasteiger partial charge in [0.2, 0.25) is 17.5 Å². The maximum Gasteiger partial charge on any atom is 0.239 e. The number of phenolic OH excluding ortho intramolecular Hbond substituents is 4. The van der Waals surface area contributed by atoms with Crippen LogP contribution in [0.5, 0.6) is 28.7 Å². The van der Waals surface area contributed by atoms with E-state index in [4.69, 9.17) is 23.4 Å². The molecular formula is C26H28O16. The molecule has 3 aromatic rings. The zero-order valence-electron chi connectivity index (χ0n) is 21.4. The van der Waals surface area contributed by atoms with E-state index in [1.807, 2.05) is 0 Å². The molecule has 16 heteroatoms. The van der Waals surface area contributed by atoms with Gasteiger partial charge in [0.05, 0.1) is 13.2 Å². The van der Waals surface area contributed by atoms with Crippen molar-refractivity contribution in [1.82, 2.24) is 0 Å². The molecule has 2 aliphatic rings. The monoisotopic (exact) mass is 596 g/mol. The van der Waals surface area contributed by atoms with Gasteiger partial charge < -0.3 is 74.4 Å². The number of aromatic hydroxyl groups is 4. The highest BCUT2D eigenvalue weighted by Crippen LogP contribution is 2.39. The molecule has 2 aliphatic heterocycles. The summed E-state index contributed by atoms with van der Waals surface area (Å²) >= 11 is 0. The molecule has 0 amide bonds. The number of aliphatic hydroxyl groups is 6. The van der Waals surface area contributed by atoms with Crippen LogP contribution in [0.4, 0.5) is 0 Å². The van der Waals surface area contributed by atoms with Gasteiger partial charge in [0.25, 0.3) is 0 Å². The van der Waals surface area contributed by atoms with Crippen LogP contribution in [0.1, 0.15) is 0 Å². The number of benzene rings is 2. The van der Waals surface area contributed by atoms with Gasteiger partial charge in [-0.25, -0.2) is 0 Å². The Kier molecular flexibility index (Phi) is 8.17. The fourth-order valence-corrected chi connectivity index (χ4v) is 4.61. The van der Waals surface area contributed by atoms with Gasteiger partial charge in [-0.15, -0.1) is 0 Å². The maximum atomic E-state index is 13.5. The Bertz CT molecular complexity index is 1510. The minimum atomic E-state index is -1.96. The van der Waals surface area contributed by atoms with Crippen LogP contribution in [0.2, 0.25) is 0 Å². The summed E-state index contributed by atoms with van der Waals surface area (Å²) in [5, 5.41) is 101. The van der Waals surface area contributed by atoms with Gasteiger partial charge in [0, 0.05) is 17.7 Å². The van der Waals surface area contributed by atoms with Crippen molar-refractivity contribution in [3.63, 3.8) is 0 Å². The quantitative estimate of drug-likeness (QED) is 0.137. The lowest BCUT2D eigenvalue weighted by atomic mass is 9.99. The number of ether oxygens (including phenoxy) is 4. The van der Waals surface area contributed by atoms with Gasteiger partial charge in [-0.1, -0.05) is 0 Å². The van der Waals surface area contributed by atoms with Crippen LogP contribution in [-0.4, -0.2) is 120 Å². The van der Waals surface area contributed by atoms with E-state index in [-0.39, 0.29) is 17.8 Å². The minimum absolute atomic E-state index is 0.0305. The average molecular weight is 596 g/mol. The molecular weight excluding hydrogens is 568 g/mol. The SMILES string of the molecule is O=c1c(O[C@H]2O[C@@H](CO[C@@H]3OC[C@H](O)[C@H](O)[C@@H]3O)[C@H](O)[C@@H](O)[C@@H]2O)c(-c2ccc(O)c(O)c2)oc2cc(O)cc(O)c12. The van der Waals surface area contributed by atoms with Crippen LogP contribution in [0.25, 0.3) is 22.3 Å². The number of aliphatic hydroxyl groups excluding tert-OH is 6. The Labute approximate surface area is 235 Å². The molecule has 2 aromatic carbocycles. The molecule has 0 aliphatic carbocycles. The van der Waals surface area contributed by atoms with E-state index >= 15 is 0 Å². The summed E-state index contributed by atoms with van der Waals surface area (Å²) in [7, 11) is 0. The number of rotatable bonds is 6. The first kappa shape index (κ1) is 29.8. The molecule has 0 saturated carbocycles. The summed E-state index contributed by atoms with van der Waals surface area (Å²) in [4.78, 5) is 13.5. The molecule has 2 saturated heterocycles. The maximum absolute atomic E-state index is 13.5. The van der Waals surface area contributed by atoms with Gasteiger partial charge in [-0.2, -0.15) is 0 Å². The molecule has 0 radical (unpaired) electrons. The first-order valence-corrected chi connectivity index (χ1v) is 12.6. The lowest BCUT2D eigenvalue weighted by Crippen LogP contribution is -2.61. The zero-order chi connectivity index (χ0) is 30.5. The Morgan fingerprint density at radius 2 is 1.50 bits per heavy atom. The number of hydrogen-bond acceptors (Lipinski definition) is 16. The predicted molar refractivity (Wildman–Crippen MR) is 136 cm³/mol. The second-order valence-electron chi connectivity index (χ2n) is 9.85. The Balaban J connectivity index is 1.48. The Morgan fingerprint density at radius 3 is 2.21 bits per heavy atom. The standard InChI is InChI=1S/C26H28O16/c27-9-4-12(30)16-14(5-9)40-23(8-1-2-10(28)11(29)3-8)24(19(16)34)42-26-22(37)20(35)18(33)15(41-26)7-39-25-21(36)17(32)13(31)6-38-25/h1-5,13,15,17-18,20-22,25-33,35-37H,6-7H2/t13-,15-,17-,18-,20+,21-,22-,25-,26+/m0/s1. The molecule has 10 N–H and O–H groups in total. The number of hydrogen-bond donors (Lipinski definition) is 10. The van der Waals surface area contributed by atoms with Crippen LogP contribution >= 0.6 is 0 Å². The van der Waals surface area contributed by atoms with Crippen molar-refractivity contribution in [3.05, 3.63) is 40.6 Å². The lowest BCUT2D eigenvalue weighted by molar-refractivity contribution is -0.307. The first-order chi connectivity index (χ1) is 19.9. The fraction of sp³-hybridized carbons (Fsp3) is 0.423. The Hall–Kier alpha value is -3.71. The summed E-state index contributed by atoms with van der Waals surface area (Å²) < 4.78 is 27.5.